The molecule has 2 aromatic carbocycles. The maximum Gasteiger partial charge on any atom is 0.278 e. The number of fused-ring (bicyclic) bond motifs is 1. The molecule has 6 nitrogen and oxygen atoms in total. The molecular weight excluding hydrogens is 407 g/mol. The van der Waals surface area contributed by atoms with Gasteiger partial charge in [-0.15, -0.1) is 0 Å². The van der Waals surface area contributed by atoms with E-state index < -0.39 is 5.82 Å². The van der Waals surface area contributed by atoms with Gasteiger partial charge in [-0.05, 0) is 42.0 Å². The second-order valence-electron chi connectivity index (χ2n) is 6.68. The average molecular weight is 423 g/mol. The molecule has 8 heteroatoms. The SMILES string of the molecule is Cn1c(=O)c(-c2ccc(C(=O)NCc3ccc(F)c(Cl)c3)cc2)nc2cccnc21. The van der Waals surface area contributed by atoms with Gasteiger partial charge in [0.25, 0.3) is 11.5 Å². The summed E-state index contributed by atoms with van der Waals surface area (Å²) < 4.78 is 14.7. The fraction of sp³-hybridized carbons (Fsp3) is 0.0909. The average Bonchev–Trinajstić information content (AvgIpc) is 2.77. The van der Waals surface area contributed by atoms with Crippen molar-refractivity contribution in [3.63, 3.8) is 0 Å². The zero-order valence-electron chi connectivity index (χ0n) is 15.9. The highest BCUT2D eigenvalue weighted by molar-refractivity contribution is 6.30. The second kappa shape index (κ2) is 8.04. The summed E-state index contributed by atoms with van der Waals surface area (Å²) in [5, 5.41) is 2.76. The van der Waals surface area contributed by atoms with Gasteiger partial charge in [-0.2, -0.15) is 0 Å². The number of hydrogen-bond donors (Lipinski definition) is 1. The number of pyridine rings is 1. The molecule has 0 bridgehead atoms. The molecule has 0 aliphatic heterocycles. The molecule has 4 rings (SSSR count). The smallest absolute Gasteiger partial charge is 0.278 e. The van der Waals surface area contributed by atoms with Crippen molar-refractivity contribution in [1.82, 2.24) is 19.9 Å². The Kier molecular flexibility index (Phi) is 5.29. The third kappa shape index (κ3) is 3.79. The van der Waals surface area contributed by atoms with E-state index in [-0.39, 0.29) is 28.7 Å². The van der Waals surface area contributed by atoms with Crippen LogP contribution in [0.1, 0.15) is 15.9 Å². The van der Waals surface area contributed by atoms with Crippen LogP contribution in [0.2, 0.25) is 5.02 Å². The Morgan fingerprint density at radius 2 is 1.93 bits per heavy atom. The molecule has 150 valence electrons. The predicted octanol–water partition coefficient (Wildman–Crippen LogP) is 3.72. The van der Waals surface area contributed by atoms with E-state index in [4.69, 9.17) is 11.6 Å². The first-order valence-corrected chi connectivity index (χ1v) is 9.46. The van der Waals surface area contributed by atoms with Crippen LogP contribution < -0.4 is 10.9 Å². The minimum absolute atomic E-state index is 0.00534. The molecule has 0 saturated heterocycles. The molecule has 0 radical (unpaired) electrons. The van der Waals surface area contributed by atoms with Gasteiger partial charge < -0.3 is 5.32 Å². The summed E-state index contributed by atoms with van der Waals surface area (Å²) in [6.45, 7) is 0.209. The van der Waals surface area contributed by atoms with Crippen molar-refractivity contribution in [3.05, 3.63) is 93.1 Å². The third-order valence-corrected chi connectivity index (χ3v) is 4.97. The number of hydrogen-bond acceptors (Lipinski definition) is 4. The molecular formula is C22H16ClFN4O2. The molecule has 1 N–H and O–H groups in total. The van der Waals surface area contributed by atoms with Crippen LogP contribution in [0.4, 0.5) is 4.39 Å². The van der Waals surface area contributed by atoms with Crippen molar-refractivity contribution < 1.29 is 9.18 Å². The highest BCUT2D eigenvalue weighted by Crippen LogP contribution is 2.18. The lowest BCUT2D eigenvalue weighted by molar-refractivity contribution is 0.0951. The lowest BCUT2D eigenvalue weighted by Gasteiger charge is -2.09. The number of halogens is 2. The number of aryl methyl sites for hydroxylation is 1. The predicted molar refractivity (Wildman–Crippen MR) is 113 cm³/mol. The van der Waals surface area contributed by atoms with Crippen LogP contribution in [0.3, 0.4) is 0 Å². The summed E-state index contributed by atoms with van der Waals surface area (Å²) in [4.78, 5) is 33.7. The first-order chi connectivity index (χ1) is 14.4. The molecule has 0 saturated carbocycles. The standard InChI is InChI=1S/C22H16ClFN4O2/c1-28-20-18(3-2-10-25-20)27-19(22(28)30)14-5-7-15(8-6-14)21(29)26-12-13-4-9-17(24)16(23)11-13/h2-11H,12H2,1H3,(H,26,29). The lowest BCUT2D eigenvalue weighted by atomic mass is 10.1. The summed E-state index contributed by atoms with van der Waals surface area (Å²) >= 11 is 5.76. The molecule has 1 amide bonds. The molecule has 0 fully saturated rings. The van der Waals surface area contributed by atoms with Crippen molar-refractivity contribution in [1.29, 1.82) is 0 Å². The van der Waals surface area contributed by atoms with E-state index in [1.807, 2.05) is 0 Å². The first kappa shape index (κ1) is 19.7. The molecule has 2 heterocycles. The number of benzene rings is 2. The molecule has 0 atom stereocenters. The molecule has 4 aromatic rings. The van der Waals surface area contributed by atoms with Crippen LogP contribution in [0, 0.1) is 5.82 Å². The van der Waals surface area contributed by atoms with Gasteiger partial charge in [-0.1, -0.05) is 29.8 Å². The minimum Gasteiger partial charge on any atom is -0.348 e. The Bertz CT molecular complexity index is 1320. The summed E-state index contributed by atoms with van der Waals surface area (Å²) in [5.74, 6) is -0.808. The number of aromatic nitrogens is 3. The van der Waals surface area contributed by atoms with Gasteiger partial charge >= 0.3 is 0 Å². The zero-order valence-corrected chi connectivity index (χ0v) is 16.7. The summed E-state index contributed by atoms with van der Waals surface area (Å²) in [6, 6.07) is 14.4. The Labute approximate surface area is 176 Å². The molecule has 0 aliphatic carbocycles. The number of amides is 1. The normalized spacial score (nSPS) is 10.9. The first-order valence-electron chi connectivity index (χ1n) is 9.08. The van der Waals surface area contributed by atoms with Crippen LogP contribution >= 0.6 is 11.6 Å². The van der Waals surface area contributed by atoms with Gasteiger partial charge in [0.1, 0.15) is 17.0 Å². The second-order valence-corrected chi connectivity index (χ2v) is 7.09. The van der Waals surface area contributed by atoms with Crippen molar-refractivity contribution in [2.24, 2.45) is 7.05 Å². The lowest BCUT2D eigenvalue weighted by Crippen LogP contribution is -2.23. The van der Waals surface area contributed by atoms with Crippen molar-refractivity contribution in [3.8, 4) is 11.3 Å². The number of nitrogens with zero attached hydrogens (tertiary/aromatic N) is 3. The summed E-state index contributed by atoms with van der Waals surface area (Å²) in [5.41, 5.74) is 2.83. The number of carbonyl (C=O) groups is 1. The molecule has 0 unspecified atom stereocenters. The van der Waals surface area contributed by atoms with Gasteiger partial charge in [-0.3, -0.25) is 14.2 Å². The topological polar surface area (TPSA) is 76.9 Å². The number of carbonyl (C=O) groups excluding carboxylic acids is 1. The van der Waals surface area contributed by atoms with E-state index in [0.717, 1.165) is 0 Å². The summed E-state index contributed by atoms with van der Waals surface area (Å²) in [7, 11) is 1.65. The van der Waals surface area contributed by atoms with Gasteiger partial charge in [-0.25, -0.2) is 14.4 Å². The quantitative estimate of drug-likeness (QED) is 0.543. The highest BCUT2D eigenvalue weighted by Gasteiger charge is 2.13. The van der Waals surface area contributed by atoms with E-state index in [2.05, 4.69) is 15.3 Å². The molecule has 0 aliphatic rings. The Morgan fingerprint density at radius 3 is 2.67 bits per heavy atom. The fourth-order valence-corrected chi connectivity index (χ4v) is 3.26. The van der Waals surface area contributed by atoms with E-state index in [9.17, 15) is 14.0 Å². The largest absolute Gasteiger partial charge is 0.348 e. The minimum atomic E-state index is -0.508. The molecule has 0 spiro atoms. The number of nitrogens with one attached hydrogen (secondary N) is 1. The van der Waals surface area contributed by atoms with Crippen LogP contribution in [-0.4, -0.2) is 20.4 Å². The van der Waals surface area contributed by atoms with Crippen LogP contribution in [-0.2, 0) is 13.6 Å². The Hall–Kier alpha value is -3.58. The van der Waals surface area contributed by atoms with E-state index in [1.54, 1.807) is 55.7 Å². The number of rotatable bonds is 4. The Balaban J connectivity index is 1.55. The van der Waals surface area contributed by atoms with Gasteiger partial charge in [0.2, 0.25) is 0 Å². The van der Waals surface area contributed by atoms with Gasteiger partial charge in [0, 0.05) is 30.9 Å². The van der Waals surface area contributed by atoms with Crippen molar-refractivity contribution >= 4 is 28.7 Å². The molecule has 2 aromatic heterocycles. The van der Waals surface area contributed by atoms with Crippen LogP contribution in [0.15, 0.2) is 65.6 Å². The fourth-order valence-electron chi connectivity index (χ4n) is 3.06. The van der Waals surface area contributed by atoms with E-state index in [1.165, 1.54) is 16.7 Å². The van der Waals surface area contributed by atoms with E-state index in [0.29, 0.717) is 27.9 Å². The van der Waals surface area contributed by atoms with Crippen molar-refractivity contribution in [2.45, 2.75) is 6.54 Å². The summed E-state index contributed by atoms with van der Waals surface area (Å²) in [6.07, 6.45) is 1.61. The van der Waals surface area contributed by atoms with Crippen molar-refractivity contribution in [2.75, 3.05) is 0 Å². The Morgan fingerprint density at radius 1 is 1.17 bits per heavy atom. The third-order valence-electron chi connectivity index (χ3n) is 4.68. The van der Waals surface area contributed by atoms with Gasteiger partial charge in [0.05, 0.1) is 5.02 Å². The monoisotopic (exact) mass is 422 g/mol. The molecule has 30 heavy (non-hydrogen) atoms. The van der Waals surface area contributed by atoms with Crippen LogP contribution in [0.5, 0.6) is 0 Å². The zero-order chi connectivity index (χ0) is 21.3. The maximum atomic E-state index is 13.2. The van der Waals surface area contributed by atoms with Gasteiger partial charge in [0.15, 0.2) is 5.65 Å². The van der Waals surface area contributed by atoms with Crippen LogP contribution in [0.25, 0.3) is 22.4 Å². The highest BCUT2D eigenvalue weighted by atomic mass is 35.5. The van der Waals surface area contributed by atoms with E-state index >= 15 is 0 Å². The maximum absolute atomic E-state index is 13.2.